The van der Waals surface area contributed by atoms with Crippen LogP contribution in [0.5, 0.6) is 0 Å². The Morgan fingerprint density at radius 1 is 1.41 bits per heavy atom. The molecule has 22 heavy (non-hydrogen) atoms. The fourth-order valence-electron chi connectivity index (χ4n) is 3.23. The average molecular weight is 301 g/mol. The van der Waals surface area contributed by atoms with Gasteiger partial charge in [0.2, 0.25) is 0 Å². The molecule has 0 spiro atoms. The van der Waals surface area contributed by atoms with Crippen LogP contribution in [0.3, 0.4) is 0 Å². The maximum atomic E-state index is 12.9. The van der Waals surface area contributed by atoms with Gasteiger partial charge in [-0.1, -0.05) is 19.3 Å². The minimum absolute atomic E-state index is 0.0479. The molecule has 0 aliphatic heterocycles. The van der Waals surface area contributed by atoms with Gasteiger partial charge in [0.15, 0.2) is 0 Å². The Labute approximate surface area is 130 Å². The lowest BCUT2D eigenvalue weighted by Gasteiger charge is -2.29. The number of hydrogen-bond acceptors (Lipinski definition) is 3. The van der Waals surface area contributed by atoms with Gasteiger partial charge in [-0.15, -0.1) is 0 Å². The smallest absolute Gasteiger partial charge is 0.272 e. The third-order valence-corrected chi connectivity index (χ3v) is 4.48. The van der Waals surface area contributed by atoms with Crippen molar-refractivity contribution < 1.29 is 9.21 Å². The summed E-state index contributed by atoms with van der Waals surface area (Å²) in [6, 6.07) is 1.92. The first kappa shape index (κ1) is 14.9. The minimum atomic E-state index is 0.0479. The summed E-state index contributed by atoms with van der Waals surface area (Å²) in [7, 11) is 1.86. The Bertz CT molecular complexity index is 597. The highest BCUT2D eigenvalue weighted by atomic mass is 16.3. The molecule has 2 aromatic rings. The molecule has 0 radical (unpaired) electrons. The topological polar surface area (TPSA) is 51.3 Å². The number of aryl methyl sites for hydroxylation is 1. The molecule has 0 saturated heterocycles. The van der Waals surface area contributed by atoms with Crippen molar-refractivity contribution in [2.45, 2.75) is 38.6 Å². The fourth-order valence-corrected chi connectivity index (χ4v) is 3.23. The Morgan fingerprint density at radius 2 is 2.23 bits per heavy atom. The predicted octanol–water partition coefficient (Wildman–Crippen LogP) is 3.24. The van der Waals surface area contributed by atoms with Gasteiger partial charge in [-0.3, -0.25) is 4.79 Å². The van der Waals surface area contributed by atoms with Gasteiger partial charge in [-0.25, -0.2) is 4.98 Å². The van der Waals surface area contributed by atoms with Crippen molar-refractivity contribution in [3.05, 3.63) is 42.4 Å². The van der Waals surface area contributed by atoms with Gasteiger partial charge in [0.1, 0.15) is 5.69 Å². The highest BCUT2D eigenvalue weighted by Crippen LogP contribution is 2.25. The van der Waals surface area contributed by atoms with Crippen molar-refractivity contribution in [2.75, 3.05) is 6.54 Å². The molecule has 2 aromatic heterocycles. The molecule has 0 unspecified atom stereocenters. The Balaban J connectivity index is 1.75. The van der Waals surface area contributed by atoms with E-state index >= 15 is 0 Å². The van der Waals surface area contributed by atoms with Crippen LogP contribution >= 0.6 is 0 Å². The van der Waals surface area contributed by atoms with E-state index in [-0.39, 0.29) is 5.91 Å². The molecule has 1 aliphatic rings. The molecule has 1 aliphatic carbocycles. The monoisotopic (exact) mass is 301 g/mol. The van der Waals surface area contributed by atoms with E-state index in [1.807, 2.05) is 18.0 Å². The van der Waals surface area contributed by atoms with E-state index in [4.69, 9.17) is 4.42 Å². The molecule has 5 heteroatoms. The van der Waals surface area contributed by atoms with E-state index in [0.717, 1.165) is 12.1 Å². The lowest BCUT2D eigenvalue weighted by molar-refractivity contribution is 0.0689. The molecule has 5 nitrogen and oxygen atoms in total. The van der Waals surface area contributed by atoms with Crippen LogP contribution in [-0.2, 0) is 13.6 Å². The van der Waals surface area contributed by atoms with Gasteiger partial charge in [0, 0.05) is 25.7 Å². The Hall–Kier alpha value is -2.04. The number of rotatable bonds is 5. The van der Waals surface area contributed by atoms with Gasteiger partial charge in [0.05, 0.1) is 25.1 Å². The van der Waals surface area contributed by atoms with E-state index in [1.165, 1.54) is 32.1 Å². The zero-order valence-electron chi connectivity index (χ0n) is 13.1. The summed E-state index contributed by atoms with van der Waals surface area (Å²) < 4.78 is 6.93. The quantitative estimate of drug-likeness (QED) is 0.852. The molecule has 0 bridgehead atoms. The van der Waals surface area contributed by atoms with Crippen molar-refractivity contribution in [1.29, 1.82) is 0 Å². The van der Waals surface area contributed by atoms with E-state index in [9.17, 15) is 4.79 Å². The van der Waals surface area contributed by atoms with E-state index < -0.39 is 0 Å². The lowest BCUT2D eigenvalue weighted by atomic mass is 9.89. The third-order valence-electron chi connectivity index (χ3n) is 4.48. The first-order chi connectivity index (χ1) is 10.7. The zero-order chi connectivity index (χ0) is 15.4. The number of nitrogens with zero attached hydrogens (tertiary/aromatic N) is 3. The second-order valence-electron chi connectivity index (χ2n) is 6.21. The molecule has 2 heterocycles. The molecule has 1 amide bonds. The number of amides is 1. The molecular weight excluding hydrogens is 278 g/mol. The van der Waals surface area contributed by atoms with Gasteiger partial charge in [-0.05, 0) is 24.8 Å². The van der Waals surface area contributed by atoms with E-state index in [0.29, 0.717) is 18.2 Å². The van der Waals surface area contributed by atoms with E-state index in [2.05, 4.69) is 4.98 Å². The van der Waals surface area contributed by atoms with Crippen LogP contribution < -0.4 is 0 Å². The van der Waals surface area contributed by atoms with Crippen molar-refractivity contribution in [3.8, 4) is 0 Å². The number of hydrogen-bond donors (Lipinski definition) is 0. The highest BCUT2D eigenvalue weighted by Gasteiger charge is 2.24. The second kappa shape index (κ2) is 6.81. The normalized spacial score (nSPS) is 15.9. The lowest BCUT2D eigenvalue weighted by Crippen LogP contribution is -2.36. The number of imidazole rings is 1. The first-order valence-corrected chi connectivity index (χ1v) is 8.00. The SMILES string of the molecule is Cn1cncc1C(=O)N(Cc1ccoc1)CC1CCCCC1. The maximum Gasteiger partial charge on any atom is 0.272 e. The number of aromatic nitrogens is 2. The molecule has 0 aromatic carbocycles. The van der Waals surface area contributed by atoms with Crippen LogP contribution in [0.1, 0.15) is 48.2 Å². The van der Waals surface area contributed by atoms with Gasteiger partial charge < -0.3 is 13.9 Å². The number of carbonyl (C=O) groups is 1. The van der Waals surface area contributed by atoms with Crippen LogP contribution in [0.15, 0.2) is 35.5 Å². The summed E-state index contributed by atoms with van der Waals surface area (Å²) in [4.78, 5) is 18.9. The molecule has 3 rings (SSSR count). The summed E-state index contributed by atoms with van der Waals surface area (Å²) in [6.45, 7) is 1.41. The summed E-state index contributed by atoms with van der Waals surface area (Å²) >= 11 is 0. The van der Waals surface area contributed by atoms with Crippen molar-refractivity contribution in [1.82, 2.24) is 14.5 Å². The van der Waals surface area contributed by atoms with Crippen LogP contribution in [-0.4, -0.2) is 26.9 Å². The standard InChI is InChI=1S/C17H23N3O2/c1-19-13-18-9-16(19)17(21)20(11-15-7-8-22-12-15)10-14-5-3-2-4-6-14/h7-9,12-14H,2-6,10-11H2,1H3. The first-order valence-electron chi connectivity index (χ1n) is 8.00. The zero-order valence-corrected chi connectivity index (χ0v) is 13.1. The summed E-state index contributed by atoms with van der Waals surface area (Å²) in [5.74, 6) is 0.657. The molecular formula is C17H23N3O2. The summed E-state index contributed by atoms with van der Waals surface area (Å²) in [5.41, 5.74) is 1.67. The van der Waals surface area contributed by atoms with Crippen LogP contribution in [0.25, 0.3) is 0 Å². The van der Waals surface area contributed by atoms with Crippen molar-refractivity contribution in [2.24, 2.45) is 13.0 Å². The average Bonchev–Trinajstić information content (AvgIpc) is 3.18. The van der Waals surface area contributed by atoms with Crippen molar-refractivity contribution >= 4 is 5.91 Å². The molecule has 1 saturated carbocycles. The van der Waals surface area contributed by atoms with E-state index in [1.54, 1.807) is 29.6 Å². The number of carbonyl (C=O) groups excluding carboxylic acids is 1. The minimum Gasteiger partial charge on any atom is -0.472 e. The largest absolute Gasteiger partial charge is 0.472 e. The number of furan rings is 1. The Kier molecular flexibility index (Phi) is 4.61. The van der Waals surface area contributed by atoms with Crippen LogP contribution in [0.2, 0.25) is 0 Å². The predicted molar refractivity (Wildman–Crippen MR) is 83.2 cm³/mol. The van der Waals surface area contributed by atoms with Crippen LogP contribution in [0.4, 0.5) is 0 Å². The molecule has 118 valence electrons. The van der Waals surface area contributed by atoms with Gasteiger partial charge in [0.25, 0.3) is 5.91 Å². The molecule has 0 atom stereocenters. The molecule has 0 N–H and O–H groups in total. The highest BCUT2D eigenvalue weighted by molar-refractivity contribution is 5.92. The summed E-state index contributed by atoms with van der Waals surface area (Å²) in [6.07, 6.45) is 13.0. The van der Waals surface area contributed by atoms with Gasteiger partial charge in [-0.2, -0.15) is 0 Å². The van der Waals surface area contributed by atoms with Crippen molar-refractivity contribution in [3.63, 3.8) is 0 Å². The fraction of sp³-hybridized carbons (Fsp3) is 0.529. The second-order valence-corrected chi connectivity index (χ2v) is 6.21. The maximum absolute atomic E-state index is 12.9. The van der Waals surface area contributed by atoms with Crippen LogP contribution in [0, 0.1) is 5.92 Å². The summed E-state index contributed by atoms with van der Waals surface area (Å²) in [5, 5.41) is 0. The third kappa shape index (κ3) is 3.40. The van der Waals surface area contributed by atoms with Gasteiger partial charge >= 0.3 is 0 Å². The Morgan fingerprint density at radius 3 is 2.86 bits per heavy atom. The molecule has 1 fully saturated rings.